The second kappa shape index (κ2) is 6.18. The van der Waals surface area contributed by atoms with Gasteiger partial charge < -0.3 is 10.5 Å². The quantitative estimate of drug-likeness (QED) is 0.751. The van der Waals surface area contributed by atoms with Crippen molar-refractivity contribution in [2.45, 2.75) is 6.54 Å². The van der Waals surface area contributed by atoms with Crippen molar-refractivity contribution in [3.8, 4) is 11.1 Å². The summed E-state index contributed by atoms with van der Waals surface area (Å²) in [6.45, 7) is 0.803. The Morgan fingerprint density at radius 3 is 2.65 bits per heavy atom. The fourth-order valence-electron chi connectivity index (χ4n) is 2.54. The van der Waals surface area contributed by atoms with Crippen LogP contribution in [0.15, 0.2) is 47.5 Å². The summed E-state index contributed by atoms with van der Waals surface area (Å²) in [7, 11) is 1.57. The van der Waals surface area contributed by atoms with Gasteiger partial charge in [-0.15, -0.1) is 0 Å². The Morgan fingerprint density at radius 2 is 1.96 bits per heavy atom. The molecule has 0 spiro atoms. The minimum Gasteiger partial charge on any atom is -0.398 e. The Hall–Kier alpha value is -2.73. The first-order valence-electron chi connectivity index (χ1n) is 7.14. The number of fused-ring (bicyclic) bond motifs is 1. The van der Waals surface area contributed by atoms with Gasteiger partial charge in [-0.05, 0) is 29.8 Å². The van der Waals surface area contributed by atoms with Crippen molar-refractivity contribution >= 4 is 16.6 Å². The van der Waals surface area contributed by atoms with Crippen LogP contribution >= 0.6 is 0 Å². The lowest BCUT2D eigenvalue weighted by atomic mass is 9.99. The van der Waals surface area contributed by atoms with Gasteiger partial charge >= 0.3 is 0 Å². The van der Waals surface area contributed by atoms with E-state index in [2.05, 4.69) is 4.98 Å². The van der Waals surface area contributed by atoms with Crippen molar-refractivity contribution in [3.05, 3.63) is 58.9 Å². The van der Waals surface area contributed by atoms with Gasteiger partial charge in [-0.2, -0.15) is 0 Å². The number of anilines is 1. The van der Waals surface area contributed by atoms with Gasteiger partial charge in [0.15, 0.2) is 0 Å². The Morgan fingerprint density at radius 1 is 1.22 bits per heavy atom. The average molecular weight is 313 g/mol. The zero-order valence-corrected chi connectivity index (χ0v) is 12.6. The molecule has 23 heavy (non-hydrogen) atoms. The normalized spacial score (nSPS) is 11.0. The summed E-state index contributed by atoms with van der Waals surface area (Å²) in [6, 6.07) is 9.30. The summed E-state index contributed by atoms with van der Waals surface area (Å²) < 4.78 is 19.7. The van der Waals surface area contributed by atoms with Crippen LogP contribution in [0.25, 0.3) is 22.0 Å². The molecule has 5 nitrogen and oxygen atoms in total. The van der Waals surface area contributed by atoms with Crippen LogP contribution in [0.5, 0.6) is 0 Å². The van der Waals surface area contributed by atoms with E-state index < -0.39 is 0 Å². The zero-order valence-electron chi connectivity index (χ0n) is 12.6. The first kappa shape index (κ1) is 15.2. The van der Waals surface area contributed by atoms with Crippen LogP contribution in [-0.2, 0) is 11.3 Å². The fraction of sp³-hybridized carbons (Fsp3) is 0.176. The lowest BCUT2D eigenvalue weighted by Crippen LogP contribution is -2.23. The summed E-state index contributed by atoms with van der Waals surface area (Å²) in [5.41, 5.74) is 8.14. The van der Waals surface area contributed by atoms with Gasteiger partial charge in [-0.25, -0.2) is 9.37 Å². The van der Waals surface area contributed by atoms with Gasteiger partial charge in [0.2, 0.25) is 0 Å². The van der Waals surface area contributed by atoms with Crippen molar-refractivity contribution < 1.29 is 9.13 Å². The molecule has 0 aliphatic rings. The number of nitrogens with two attached hydrogens (primary N) is 1. The van der Waals surface area contributed by atoms with E-state index in [1.807, 2.05) is 0 Å². The van der Waals surface area contributed by atoms with Crippen molar-refractivity contribution in [2.75, 3.05) is 19.5 Å². The van der Waals surface area contributed by atoms with Gasteiger partial charge in [0.05, 0.1) is 30.4 Å². The smallest absolute Gasteiger partial charge is 0.261 e. The van der Waals surface area contributed by atoms with Crippen molar-refractivity contribution in [1.82, 2.24) is 9.55 Å². The molecule has 0 bridgehead atoms. The molecule has 0 aliphatic heterocycles. The number of nitrogens with zero attached hydrogens (tertiary/aromatic N) is 2. The first-order valence-corrected chi connectivity index (χ1v) is 7.14. The van der Waals surface area contributed by atoms with Crippen molar-refractivity contribution in [3.63, 3.8) is 0 Å². The molecular formula is C17H16FN3O2. The molecule has 0 saturated carbocycles. The largest absolute Gasteiger partial charge is 0.398 e. The minimum absolute atomic E-state index is 0.196. The third-order valence-electron chi connectivity index (χ3n) is 3.70. The standard InChI is InChI=1S/C17H16FN3O2/c1-23-9-8-21-10-20-14-7-6-13(19)15(16(14)17(21)22)11-2-4-12(18)5-3-11/h2-7,10H,8-9,19H2,1H3. The number of halogens is 1. The summed E-state index contributed by atoms with van der Waals surface area (Å²) >= 11 is 0. The molecule has 2 N–H and O–H groups in total. The lowest BCUT2D eigenvalue weighted by molar-refractivity contribution is 0.186. The van der Waals surface area contributed by atoms with Crippen LogP contribution in [0.4, 0.5) is 10.1 Å². The van der Waals surface area contributed by atoms with Crippen LogP contribution in [0, 0.1) is 5.82 Å². The Balaban J connectivity index is 2.29. The van der Waals surface area contributed by atoms with Gasteiger partial charge in [0.1, 0.15) is 5.82 Å². The number of aromatic nitrogens is 2. The number of methoxy groups -OCH3 is 1. The molecule has 0 unspecified atom stereocenters. The Bertz CT molecular complexity index is 904. The van der Waals surface area contributed by atoms with Crippen LogP contribution in [0.1, 0.15) is 0 Å². The van der Waals surface area contributed by atoms with E-state index in [4.69, 9.17) is 10.5 Å². The molecular weight excluding hydrogens is 297 g/mol. The second-order valence-electron chi connectivity index (χ2n) is 5.17. The second-order valence-corrected chi connectivity index (χ2v) is 5.17. The highest BCUT2D eigenvalue weighted by molar-refractivity contribution is 6.00. The topological polar surface area (TPSA) is 70.1 Å². The fourth-order valence-corrected chi connectivity index (χ4v) is 2.54. The number of ether oxygens (including phenoxy) is 1. The van der Waals surface area contributed by atoms with E-state index in [0.29, 0.717) is 40.9 Å². The molecule has 118 valence electrons. The highest BCUT2D eigenvalue weighted by Crippen LogP contribution is 2.31. The first-order chi connectivity index (χ1) is 11.1. The maximum absolute atomic E-state index is 13.2. The van der Waals surface area contributed by atoms with Crippen LogP contribution in [0.3, 0.4) is 0 Å². The SMILES string of the molecule is COCCn1cnc2ccc(N)c(-c3ccc(F)cc3)c2c1=O. The predicted molar refractivity (Wildman–Crippen MR) is 87.7 cm³/mol. The highest BCUT2D eigenvalue weighted by atomic mass is 19.1. The Labute approximate surface area is 132 Å². The average Bonchev–Trinajstić information content (AvgIpc) is 2.56. The highest BCUT2D eigenvalue weighted by Gasteiger charge is 2.14. The predicted octanol–water partition coefficient (Wildman–Crippen LogP) is 2.43. The van der Waals surface area contributed by atoms with E-state index in [9.17, 15) is 9.18 Å². The zero-order chi connectivity index (χ0) is 16.4. The van der Waals surface area contributed by atoms with E-state index in [0.717, 1.165) is 0 Å². The molecule has 0 aliphatic carbocycles. The number of hydrogen-bond donors (Lipinski definition) is 1. The van der Waals surface area contributed by atoms with Gasteiger partial charge in [0, 0.05) is 18.4 Å². The summed E-state index contributed by atoms with van der Waals surface area (Å²) in [4.78, 5) is 17.1. The lowest BCUT2D eigenvalue weighted by Gasteiger charge is -2.12. The molecule has 2 aromatic carbocycles. The molecule has 3 rings (SSSR count). The molecule has 6 heteroatoms. The maximum Gasteiger partial charge on any atom is 0.261 e. The molecule has 0 fully saturated rings. The number of nitrogen functional groups attached to an aromatic ring is 1. The molecule has 0 amide bonds. The molecule has 1 aromatic heterocycles. The van der Waals surface area contributed by atoms with Crippen molar-refractivity contribution in [1.29, 1.82) is 0 Å². The summed E-state index contributed by atoms with van der Waals surface area (Å²) in [6.07, 6.45) is 1.49. The Kier molecular flexibility index (Phi) is 4.08. The number of rotatable bonds is 4. The van der Waals surface area contributed by atoms with Crippen LogP contribution in [0.2, 0.25) is 0 Å². The molecule has 1 heterocycles. The summed E-state index contributed by atoms with van der Waals surface area (Å²) in [5.74, 6) is -0.344. The molecule has 0 saturated heterocycles. The van der Waals surface area contributed by atoms with Gasteiger partial charge in [0.25, 0.3) is 5.56 Å². The third kappa shape index (κ3) is 2.80. The minimum atomic E-state index is -0.344. The van der Waals surface area contributed by atoms with E-state index in [1.54, 1.807) is 31.4 Å². The van der Waals surface area contributed by atoms with Crippen molar-refractivity contribution in [2.24, 2.45) is 0 Å². The monoisotopic (exact) mass is 313 g/mol. The van der Waals surface area contributed by atoms with E-state index >= 15 is 0 Å². The molecule has 0 radical (unpaired) electrons. The number of benzene rings is 2. The van der Waals surface area contributed by atoms with E-state index in [-0.39, 0.29) is 11.4 Å². The van der Waals surface area contributed by atoms with E-state index in [1.165, 1.54) is 23.0 Å². The molecule has 0 atom stereocenters. The van der Waals surface area contributed by atoms with Gasteiger partial charge in [-0.1, -0.05) is 12.1 Å². The maximum atomic E-state index is 13.2. The third-order valence-corrected chi connectivity index (χ3v) is 3.70. The molecule has 3 aromatic rings. The number of hydrogen-bond acceptors (Lipinski definition) is 4. The van der Waals surface area contributed by atoms with Crippen LogP contribution in [-0.4, -0.2) is 23.3 Å². The van der Waals surface area contributed by atoms with Gasteiger partial charge in [-0.3, -0.25) is 9.36 Å². The van der Waals surface area contributed by atoms with Crippen LogP contribution < -0.4 is 11.3 Å². The summed E-state index contributed by atoms with van der Waals surface area (Å²) in [5, 5.41) is 0.426.